The fraction of sp³-hybridized carbons (Fsp3) is 0.417. The summed E-state index contributed by atoms with van der Waals surface area (Å²) in [6, 6.07) is 4.09. The van der Waals surface area contributed by atoms with Gasteiger partial charge in [0, 0.05) is 12.1 Å². The Balaban J connectivity index is 2.87. The monoisotopic (exact) mass is 240 g/mol. The Bertz CT molecular complexity index is 419. The first-order chi connectivity index (χ1) is 7.87. The molecule has 0 saturated carbocycles. The number of hydrogen-bond donors (Lipinski definition) is 3. The number of anilines is 1. The van der Waals surface area contributed by atoms with Crippen LogP contribution in [0.5, 0.6) is 0 Å². The quantitative estimate of drug-likeness (QED) is 0.694. The molecule has 0 spiro atoms. The molecule has 0 aliphatic rings. The van der Waals surface area contributed by atoms with Gasteiger partial charge in [-0.15, -0.1) is 0 Å². The highest BCUT2D eigenvalue weighted by Gasteiger charge is 2.22. The number of benzene rings is 1. The number of rotatable bonds is 4. The van der Waals surface area contributed by atoms with Gasteiger partial charge in [0.05, 0.1) is 11.3 Å². The van der Waals surface area contributed by atoms with Gasteiger partial charge in [-0.1, -0.05) is 6.07 Å². The van der Waals surface area contributed by atoms with Crippen LogP contribution in [0.25, 0.3) is 0 Å². The summed E-state index contributed by atoms with van der Waals surface area (Å²) in [7, 11) is 0. The minimum atomic E-state index is -0.613. The number of nitrogens with two attached hydrogens (primary N) is 1. The van der Waals surface area contributed by atoms with Crippen LogP contribution in [-0.2, 0) is 0 Å². The number of para-hydroxylation sites is 1. The fourth-order valence-corrected chi connectivity index (χ4v) is 1.45. The van der Waals surface area contributed by atoms with Gasteiger partial charge >= 0.3 is 0 Å². The smallest absolute Gasteiger partial charge is 0.253 e. The largest absolute Gasteiger partial charge is 0.396 e. The van der Waals surface area contributed by atoms with Crippen molar-refractivity contribution >= 4 is 11.6 Å². The van der Waals surface area contributed by atoms with Crippen LogP contribution in [0.4, 0.5) is 10.1 Å². The Morgan fingerprint density at radius 3 is 2.76 bits per heavy atom. The second kappa shape index (κ2) is 5.14. The third-order valence-corrected chi connectivity index (χ3v) is 2.49. The van der Waals surface area contributed by atoms with E-state index in [0.717, 1.165) is 0 Å². The molecule has 94 valence electrons. The normalized spacial score (nSPS) is 11.3. The summed E-state index contributed by atoms with van der Waals surface area (Å²) in [4.78, 5) is 11.9. The number of aliphatic hydroxyl groups is 1. The Labute approximate surface area is 99.6 Å². The molecule has 0 bridgehead atoms. The molecule has 0 atom stereocenters. The van der Waals surface area contributed by atoms with E-state index in [4.69, 9.17) is 10.8 Å². The molecule has 0 aliphatic heterocycles. The zero-order chi connectivity index (χ0) is 13.1. The molecular formula is C12H17FN2O2. The van der Waals surface area contributed by atoms with Crippen LogP contribution in [-0.4, -0.2) is 23.2 Å². The van der Waals surface area contributed by atoms with Crippen LogP contribution in [0.2, 0.25) is 0 Å². The van der Waals surface area contributed by atoms with Crippen molar-refractivity contribution < 1.29 is 14.3 Å². The number of hydrogen-bond acceptors (Lipinski definition) is 3. The van der Waals surface area contributed by atoms with Crippen LogP contribution in [0.15, 0.2) is 18.2 Å². The van der Waals surface area contributed by atoms with Crippen molar-refractivity contribution in [2.75, 3.05) is 12.3 Å². The Kier molecular flexibility index (Phi) is 4.07. The standard InChI is InChI=1S/C12H17FN2O2/c1-12(2,6-7-16)15-11(17)8-4-3-5-9(13)10(8)14/h3-5,16H,6-7,14H2,1-2H3,(H,15,17). The minimum absolute atomic E-state index is 0.0358. The Morgan fingerprint density at radius 2 is 2.18 bits per heavy atom. The van der Waals surface area contributed by atoms with Crippen molar-refractivity contribution in [3.63, 3.8) is 0 Å². The number of carbonyl (C=O) groups is 1. The zero-order valence-electron chi connectivity index (χ0n) is 9.96. The van der Waals surface area contributed by atoms with Gasteiger partial charge in [0.2, 0.25) is 0 Å². The second-order valence-corrected chi connectivity index (χ2v) is 4.51. The van der Waals surface area contributed by atoms with Crippen LogP contribution in [0.3, 0.4) is 0 Å². The second-order valence-electron chi connectivity index (χ2n) is 4.51. The number of halogens is 1. The van der Waals surface area contributed by atoms with Crippen molar-refractivity contribution in [1.29, 1.82) is 0 Å². The Hall–Kier alpha value is -1.62. The van der Waals surface area contributed by atoms with Crippen LogP contribution in [0.1, 0.15) is 30.6 Å². The van der Waals surface area contributed by atoms with Gasteiger partial charge in [-0.3, -0.25) is 4.79 Å². The number of nitrogens with one attached hydrogen (secondary N) is 1. The predicted octanol–water partition coefficient (Wildman–Crippen LogP) is 1.30. The molecule has 5 heteroatoms. The predicted molar refractivity (Wildman–Crippen MR) is 64.1 cm³/mol. The molecule has 0 unspecified atom stereocenters. The summed E-state index contributed by atoms with van der Waals surface area (Å²) in [5.74, 6) is -1.06. The van der Waals surface area contributed by atoms with Crippen LogP contribution in [0, 0.1) is 5.82 Å². The van der Waals surface area contributed by atoms with Gasteiger partial charge in [-0.2, -0.15) is 0 Å². The lowest BCUT2D eigenvalue weighted by Crippen LogP contribution is -2.44. The highest BCUT2D eigenvalue weighted by Crippen LogP contribution is 2.17. The van der Waals surface area contributed by atoms with Gasteiger partial charge < -0.3 is 16.2 Å². The fourth-order valence-electron chi connectivity index (χ4n) is 1.45. The van der Waals surface area contributed by atoms with E-state index in [1.807, 2.05) is 0 Å². The average Bonchev–Trinajstić information content (AvgIpc) is 2.21. The van der Waals surface area contributed by atoms with Crippen molar-refractivity contribution in [2.45, 2.75) is 25.8 Å². The minimum Gasteiger partial charge on any atom is -0.396 e. The van der Waals surface area contributed by atoms with Crippen LogP contribution >= 0.6 is 0 Å². The number of nitrogen functional groups attached to an aromatic ring is 1. The van der Waals surface area contributed by atoms with E-state index in [1.165, 1.54) is 18.2 Å². The number of amides is 1. The molecule has 0 aliphatic carbocycles. The summed E-state index contributed by atoms with van der Waals surface area (Å²) in [6.07, 6.45) is 0.411. The molecule has 0 aromatic heterocycles. The number of aliphatic hydroxyl groups excluding tert-OH is 1. The van der Waals surface area contributed by atoms with E-state index >= 15 is 0 Å². The van der Waals surface area contributed by atoms with E-state index in [9.17, 15) is 9.18 Å². The summed E-state index contributed by atoms with van der Waals surface area (Å²) in [5, 5.41) is 11.5. The maximum absolute atomic E-state index is 13.2. The van der Waals surface area contributed by atoms with E-state index < -0.39 is 17.3 Å². The molecule has 0 heterocycles. The van der Waals surface area contributed by atoms with Gasteiger partial charge in [-0.05, 0) is 32.4 Å². The van der Waals surface area contributed by atoms with E-state index in [1.54, 1.807) is 13.8 Å². The molecule has 4 N–H and O–H groups in total. The topological polar surface area (TPSA) is 75.3 Å². The highest BCUT2D eigenvalue weighted by molar-refractivity contribution is 5.99. The molecule has 17 heavy (non-hydrogen) atoms. The molecule has 0 radical (unpaired) electrons. The van der Waals surface area contributed by atoms with E-state index in [0.29, 0.717) is 6.42 Å². The summed E-state index contributed by atoms with van der Waals surface area (Å²) >= 11 is 0. The van der Waals surface area contributed by atoms with Crippen LogP contribution < -0.4 is 11.1 Å². The van der Waals surface area contributed by atoms with Gasteiger partial charge in [-0.25, -0.2) is 4.39 Å². The third kappa shape index (κ3) is 3.42. The van der Waals surface area contributed by atoms with Gasteiger partial charge in [0.25, 0.3) is 5.91 Å². The molecule has 1 rings (SSSR count). The van der Waals surface area contributed by atoms with Gasteiger partial charge in [0.1, 0.15) is 5.82 Å². The summed E-state index contributed by atoms with van der Waals surface area (Å²) in [6.45, 7) is 3.51. The lowest BCUT2D eigenvalue weighted by molar-refractivity contribution is 0.0900. The lowest BCUT2D eigenvalue weighted by atomic mass is 10.0. The molecular weight excluding hydrogens is 223 g/mol. The maximum Gasteiger partial charge on any atom is 0.253 e. The molecule has 1 amide bonds. The lowest BCUT2D eigenvalue weighted by Gasteiger charge is -2.25. The van der Waals surface area contributed by atoms with Crippen molar-refractivity contribution in [3.8, 4) is 0 Å². The SMILES string of the molecule is CC(C)(CCO)NC(=O)c1cccc(F)c1N. The first kappa shape index (κ1) is 13.4. The molecule has 0 fully saturated rings. The summed E-state index contributed by atoms with van der Waals surface area (Å²) < 4.78 is 13.2. The van der Waals surface area contributed by atoms with E-state index in [2.05, 4.69) is 5.32 Å². The highest BCUT2D eigenvalue weighted by atomic mass is 19.1. The van der Waals surface area contributed by atoms with Crippen molar-refractivity contribution in [2.24, 2.45) is 0 Å². The van der Waals surface area contributed by atoms with Crippen molar-refractivity contribution in [1.82, 2.24) is 5.32 Å². The first-order valence-corrected chi connectivity index (χ1v) is 5.35. The zero-order valence-corrected chi connectivity index (χ0v) is 9.96. The maximum atomic E-state index is 13.2. The molecule has 1 aromatic carbocycles. The first-order valence-electron chi connectivity index (χ1n) is 5.35. The molecule has 0 saturated heterocycles. The molecule has 1 aromatic rings. The van der Waals surface area contributed by atoms with Gasteiger partial charge in [0.15, 0.2) is 0 Å². The Morgan fingerprint density at radius 1 is 1.53 bits per heavy atom. The third-order valence-electron chi connectivity index (χ3n) is 2.49. The van der Waals surface area contributed by atoms with Crippen molar-refractivity contribution in [3.05, 3.63) is 29.6 Å². The number of carbonyl (C=O) groups excluding carboxylic acids is 1. The molecule has 4 nitrogen and oxygen atoms in total. The summed E-state index contributed by atoms with van der Waals surface area (Å²) in [5.41, 5.74) is 4.87. The van der Waals surface area contributed by atoms with E-state index in [-0.39, 0.29) is 17.9 Å². The average molecular weight is 240 g/mol.